The maximum absolute atomic E-state index is 11.5. The predicted octanol–water partition coefficient (Wildman–Crippen LogP) is 0.752. The summed E-state index contributed by atoms with van der Waals surface area (Å²) in [6.45, 7) is 7.32. The molecule has 0 aliphatic carbocycles. The van der Waals surface area contributed by atoms with Crippen LogP contribution in [0.3, 0.4) is 0 Å². The maximum Gasteiger partial charge on any atom is 0.258 e. The molecular formula is C15H20NO4-. The highest BCUT2D eigenvalue weighted by molar-refractivity contribution is 5.83. The third kappa shape index (κ3) is 4.57. The van der Waals surface area contributed by atoms with Crippen LogP contribution in [0.2, 0.25) is 0 Å². The quantitative estimate of drug-likeness (QED) is 0.833. The van der Waals surface area contributed by atoms with E-state index < -0.39 is 17.9 Å². The van der Waals surface area contributed by atoms with Gasteiger partial charge in [0, 0.05) is 0 Å². The van der Waals surface area contributed by atoms with E-state index in [1.165, 1.54) is 12.5 Å². The summed E-state index contributed by atoms with van der Waals surface area (Å²) >= 11 is 0. The van der Waals surface area contributed by atoms with Gasteiger partial charge in [-0.25, -0.2) is 0 Å². The SMILES string of the molecule is Cc1cc(OCC(=O)N[C@H](C)C(=O)[O-])ccc1C(C)C. The second kappa shape index (κ2) is 6.93. The summed E-state index contributed by atoms with van der Waals surface area (Å²) in [4.78, 5) is 22.0. The number of nitrogens with one attached hydrogen (secondary N) is 1. The normalized spacial score (nSPS) is 12.1. The van der Waals surface area contributed by atoms with E-state index in [0.717, 1.165) is 5.56 Å². The molecule has 1 aromatic rings. The molecule has 0 radical (unpaired) electrons. The van der Waals surface area contributed by atoms with Gasteiger partial charge in [-0.15, -0.1) is 0 Å². The molecule has 0 bridgehead atoms. The van der Waals surface area contributed by atoms with E-state index in [9.17, 15) is 14.7 Å². The van der Waals surface area contributed by atoms with Gasteiger partial charge in [0.15, 0.2) is 6.61 Å². The molecule has 0 saturated carbocycles. The van der Waals surface area contributed by atoms with E-state index >= 15 is 0 Å². The van der Waals surface area contributed by atoms with E-state index in [2.05, 4.69) is 19.2 Å². The fourth-order valence-corrected chi connectivity index (χ4v) is 1.88. The summed E-state index contributed by atoms with van der Waals surface area (Å²) in [5, 5.41) is 12.8. The molecule has 0 aromatic heterocycles. The summed E-state index contributed by atoms with van der Waals surface area (Å²) in [5.41, 5.74) is 2.33. The van der Waals surface area contributed by atoms with E-state index in [4.69, 9.17) is 4.74 Å². The van der Waals surface area contributed by atoms with Crippen molar-refractivity contribution in [1.29, 1.82) is 0 Å². The lowest BCUT2D eigenvalue weighted by atomic mass is 9.98. The van der Waals surface area contributed by atoms with Crippen molar-refractivity contribution in [2.75, 3.05) is 6.61 Å². The van der Waals surface area contributed by atoms with Crippen LogP contribution in [0.25, 0.3) is 0 Å². The summed E-state index contributed by atoms with van der Waals surface area (Å²) in [5.74, 6) is -0.804. The van der Waals surface area contributed by atoms with Crippen LogP contribution in [-0.4, -0.2) is 24.5 Å². The monoisotopic (exact) mass is 278 g/mol. The Balaban J connectivity index is 2.56. The Morgan fingerprint density at radius 2 is 1.95 bits per heavy atom. The predicted molar refractivity (Wildman–Crippen MR) is 73.4 cm³/mol. The first-order valence-corrected chi connectivity index (χ1v) is 6.54. The Bertz CT molecular complexity index is 497. The Morgan fingerprint density at radius 3 is 2.45 bits per heavy atom. The molecule has 1 atom stereocenters. The molecule has 0 heterocycles. The Labute approximate surface area is 118 Å². The minimum absolute atomic E-state index is 0.224. The van der Waals surface area contributed by atoms with Crippen molar-refractivity contribution in [2.45, 2.75) is 39.7 Å². The molecule has 0 aliphatic rings. The van der Waals surface area contributed by atoms with Gasteiger partial charge in [0.25, 0.3) is 5.91 Å². The fraction of sp³-hybridized carbons (Fsp3) is 0.467. The van der Waals surface area contributed by atoms with Crippen molar-refractivity contribution in [3.8, 4) is 5.75 Å². The number of aryl methyl sites for hydroxylation is 1. The average molecular weight is 278 g/mol. The Hall–Kier alpha value is -2.04. The number of benzene rings is 1. The van der Waals surface area contributed by atoms with Gasteiger partial charge in [-0.2, -0.15) is 0 Å². The molecule has 110 valence electrons. The summed E-state index contributed by atoms with van der Waals surface area (Å²) in [6.07, 6.45) is 0. The topological polar surface area (TPSA) is 78.5 Å². The molecule has 20 heavy (non-hydrogen) atoms. The number of rotatable bonds is 6. The lowest BCUT2D eigenvalue weighted by Gasteiger charge is -2.15. The van der Waals surface area contributed by atoms with E-state index in [-0.39, 0.29) is 6.61 Å². The molecule has 0 fully saturated rings. The third-order valence-corrected chi connectivity index (χ3v) is 2.96. The molecule has 0 aliphatic heterocycles. The highest BCUT2D eigenvalue weighted by Gasteiger charge is 2.09. The number of carboxylic acids is 1. The molecule has 1 rings (SSSR count). The zero-order chi connectivity index (χ0) is 15.3. The van der Waals surface area contributed by atoms with Gasteiger partial charge in [0.2, 0.25) is 0 Å². The van der Waals surface area contributed by atoms with Crippen LogP contribution in [0.1, 0.15) is 37.8 Å². The van der Waals surface area contributed by atoms with Crippen molar-refractivity contribution in [1.82, 2.24) is 5.32 Å². The average Bonchev–Trinajstić information content (AvgIpc) is 2.35. The number of hydrogen-bond donors (Lipinski definition) is 1. The van der Waals surface area contributed by atoms with Crippen LogP contribution in [0.15, 0.2) is 18.2 Å². The number of hydrogen-bond acceptors (Lipinski definition) is 4. The minimum Gasteiger partial charge on any atom is -0.548 e. The molecule has 1 N–H and O–H groups in total. The molecule has 0 spiro atoms. The van der Waals surface area contributed by atoms with Crippen LogP contribution >= 0.6 is 0 Å². The Kier molecular flexibility index (Phi) is 5.55. The van der Waals surface area contributed by atoms with Crippen molar-refractivity contribution in [3.63, 3.8) is 0 Å². The lowest BCUT2D eigenvalue weighted by molar-refractivity contribution is -0.307. The van der Waals surface area contributed by atoms with Crippen molar-refractivity contribution < 1.29 is 19.4 Å². The number of carbonyl (C=O) groups excluding carboxylic acids is 2. The standard InChI is InChI=1S/C15H21NO4/c1-9(2)13-6-5-12(7-10(13)3)20-8-14(17)16-11(4)15(18)19/h5-7,9,11H,8H2,1-4H3,(H,16,17)(H,18,19)/p-1/t11-/m1/s1. The number of carboxylic acid groups (broad SMARTS) is 1. The number of ether oxygens (including phenoxy) is 1. The first-order chi connectivity index (χ1) is 9.31. The Morgan fingerprint density at radius 1 is 1.30 bits per heavy atom. The molecular weight excluding hydrogens is 258 g/mol. The van der Waals surface area contributed by atoms with Crippen molar-refractivity contribution in [2.24, 2.45) is 0 Å². The molecule has 1 amide bonds. The molecule has 5 nitrogen and oxygen atoms in total. The second-order valence-electron chi connectivity index (χ2n) is 5.07. The van der Waals surface area contributed by atoms with Crippen molar-refractivity contribution in [3.05, 3.63) is 29.3 Å². The van der Waals surface area contributed by atoms with Gasteiger partial charge < -0.3 is 20.0 Å². The van der Waals surface area contributed by atoms with Crippen LogP contribution in [0.4, 0.5) is 0 Å². The van der Waals surface area contributed by atoms with Crippen molar-refractivity contribution >= 4 is 11.9 Å². The first kappa shape index (κ1) is 16.0. The summed E-state index contributed by atoms with van der Waals surface area (Å²) in [6, 6.07) is 4.61. The smallest absolute Gasteiger partial charge is 0.258 e. The van der Waals surface area contributed by atoms with Crippen LogP contribution in [0, 0.1) is 6.92 Å². The number of amides is 1. The van der Waals surface area contributed by atoms with Gasteiger partial charge in [-0.3, -0.25) is 4.79 Å². The van der Waals surface area contributed by atoms with E-state index in [0.29, 0.717) is 11.7 Å². The van der Waals surface area contributed by atoms with Gasteiger partial charge in [0.05, 0.1) is 12.0 Å². The maximum atomic E-state index is 11.5. The van der Waals surface area contributed by atoms with Crippen LogP contribution < -0.4 is 15.2 Å². The fourth-order valence-electron chi connectivity index (χ4n) is 1.88. The highest BCUT2D eigenvalue weighted by Crippen LogP contribution is 2.23. The van der Waals surface area contributed by atoms with Gasteiger partial charge in [0.1, 0.15) is 5.75 Å². The largest absolute Gasteiger partial charge is 0.548 e. The zero-order valence-corrected chi connectivity index (χ0v) is 12.2. The summed E-state index contributed by atoms with van der Waals surface area (Å²) in [7, 11) is 0. The van der Waals surface area contributed by atoms with Crippen LogP contribution in [0.5, 0.6) is 5.75 Å². The first-order valence-electron chi connectivity index (χ1n) is 6.54. The second-order valence-corrected chi connectivity index (χ2v) is 5.07. The molecule has 1 aromatic carbocycles. The molecule has 5 heteroatoms. The zero-order valence-electron chi connectivity index (χ0n) is 12.2. The van der Waals surface area contributed by atoms with E-state index in [1.807, 2.05) is 19.1 Å². The molecule has 0 saturated heterocycles. The number of aliphatic carboxylic acids is 1. The third-order valence-electron chi connectivity index (χ3n) is 2.96. The highest BCUT2D eigenvalue weighted by atomic mass is 16.5. The van der Waals surface area contributed by atoms with Gasteiger partial charge in [-0.1, -0.05) is 19.9 Å². The van der Waals surface area contributed by atoms with Gasteiger partial charge in [-0.05, 0) is 43.0 Å². The van der Waals surface area contributed by atoms with Crippen LogP contribution in [-0.2, 0) is 9.59 Å². The summed E-state index contributed by atoms with van der Waals surface area (Å²) < 4.78 is 5.34. The minimum atomic E-state index is -1.32. The van der Waals surface area contributed by atoms with Gasteiger partial charge >= 0.3 is 0 Å². The molecule has 0 unspecified atom stereocenters. The number of carbonyl (C=O) groups is 2. The van der Waals surface area contributed by atoms with E-state index in [1.54, 1.807) is 6.07 Å². The lowest BCUT2D eigenvalue weighted by Crippen LogP contribution is -2.47.